The molecule has 2 N–H and O–H groups in total. The molecule has 2 aromatic rings. The first-order valence-corrected chi connectivity index (χ1v) is 8.95. The quantitative estimate of drug-likeness (QED) is 0.591. The number of hydrazone groups is 1. The molecule has 8 heteroatoms. The summed E-state index contributed by atoms with van der Waals surface area (Å²) in [5, 5.41) is 6.69. The molecule has 1 fully saturated rings. The van der Waals surface area contributed by atoms with E-state index in [-0.39, 0.29) is 0 Å². The number of urea groups is 1. The lowest BCUT2D eigenvalue weighted by Gasteiger charge is -2.29. The van der Waals surface area contributed by atoms with E-state index in [0.29, 0.717) is 17.2 Å². The first-order chi connectivity index (χ1) is 13.7. The van der Waals surface area contributed by atoms with Gasteiger partial charge in [-0.25, -0.2) is 10.2 Å². The number of morpholine rings is 1. The van der Waals surface area contributed by atoms with Crippen LogP contribution in [0.25, 0.3) is 0 Å². The van der Waals surface area contributed by atoms with Gasteiger partial charge in [0.2, 0.25) is 0 Å². The monoisotopic (exact) mass is 384 g/mol. The summed E-state index contributed by atoms with van der Waals surface area (Å²) in [5.41, 5.74) is 4.83. The minimum atomic E-state index is -0.468. The zero-order chi connectivity index (χ0) is 19.8. The van der Waals surface area contributed by atoms with Gasteiger partial charge in [-0.05, 0) is 24.3 Å². The number of nitrogens with one attached hydrogen (secondary N) is 2. The zero-order valence-corrected chi connectivity index (χ0v) is 16.0. The van der Waals surface area contributed by atoms with E-state index in [1.165, 1.54) is 0 Å². The predicted molar refractivity (Wildman–Crippen MR) is 109 cm³/mol. The van der Waals surface area contributed by atoms with Gasteiger partial charge < -0.3 is 24.4 Å². The Hall–Kier alpha value is -3.26. The standard InChI is InChI=1S/C20H24N4O4/c1-26-18-6-4-3-5-17(18)22-20(25)23-21-14-15-7-8-16(13-19(15)27-2)24-9-11-28-12-10-24/h3-8,13-14H,9-12H2,1-2H3,(H2,22,23,25)/b21-14+. The molecular formula is C20H24N4O4. The molecule has 3 rings (SSSR count). The third-order valence-corrected chi connectivity index (χ3v) is 4.32. The van der Waals surface area contributed by atoms with Gasteiger partial charge in [-0.2, -0.15) is 5.10 Å². The first kappa shape index (κ1) is 19.5. The summed E-state index contributed by atoms with van der Waals surface area (Å²) >= 11 is 0. The van der Waals surface area contributed by atoms with Crippen LogP contribution in [-0.2, 0) is 4.74 Å². The normalized spacial score (nSPS) is 14.0. The van der Waals surface area contributed by atoms with Crippen molar-refractivity contribution in [2.45, 2.75) is 0 Å². The number of carbonyl (C=O) groups is 1. The van der Waals surface area contributed by atoms with E-state index >= 15 is 0 Å². The third-order valence-electron chi connectivity index (χ3n) is 4.32. The van der Waals surface area contributed by atoms with Gasteiger partial charge in [-0.15, -0.1) is 0 Å². The fraction of sp³-hybridized carbons (Fsp3) is 0.300. The van der Waals surface area contributed by atoms with E-state index in [1.54, 1.807) is 32.6 Å². The van der Waals surface area contributed by atoms with Gasteiger partial charge in [0.15, 0.2) is 0 Å². The summed E-state index contributed by atoms with van der Waals surface area (Å²) in [6.45, 7) is 3.13. The van der Waals surface area contributed by atoms with Crippen molar-refractivity contribution in [1.82, 2.24) is 5.43 Å². The highest BCUT2D eigenvalue weighted by molar-refractivity contribution is 5.92. The number of nitrogens with zero attached hydrogens (tertiary/aromatic N) is 2. The molecule has 28 heavy (non-hydrogen) atoms. The molecule has 0 atom stereocenters. The Kier molecular flexibility index (Phi) is 6.69. The number of methoxy groups -OCH3 is 2. The maximum absolute atomic E-state index is 12.0. The Labute approximate surface area is 164 Å². The minimum Gasteiger partial charge on any atom is -0.496 e. The van der Waals surface area contributed by atoms with Crippen LogP contribution >= 0.6 is 0 Å². The Morgan fingerprint density at radius 2 is 1.86 bits per heavy atom. The number of benzene rings is 2. The van der Waals surface area contributed by atoms with E-state index in [1.807, 2.05) is 30.3 Å². The van der Waals surface area contributed by atoms with E-state index < -0.39 is 6.03 Å². The third kappa shape index (κ3) is 4.92. The molecule has 0 spiro atoms. The average molecular weight is 384 g/mol. The van der Waals surface area contributed by atoms with Gasteiger partial charge >= 0.3 is 6.03 Å². The molecule has 0 bridgehead atoms. The summed E-state index contributed by atoms with van der Waals surface area (Å²) < 4.78 is 16.1. The molecule has 1 heterocycles. The van der Waals surface area contributed by atoms with Crippen LogP contribution < -0.4 is 25.1 Å². The second-order valence-electron chi connectivity index (χ2n) is 6.05. The zero-order valence-electron chi connectivity index (χ0n) is 16.0. The summed E-state index contributed by atoms with van der Waals surface area (Å²) in [6.07, 6.45) is 1.55. The average Bonchev–Trinajstić information content (AvgIpc) is 2.75. The van der Waals surface area contributed by atoms with Gasteiger partial charge in [0.25, 0.3) is 0 Å². The molecule has 2 aromatic carbocycles. The summed E-state index contributed by atoms with van der Waals surface area (Å²) in [7, 11) is 3.15. The van der Waals surface area contributed by atoms with E-state index in [2.05, 4.69) is 20.7 Å². The molecule has 0 saturated carbocycles. The number of para-hydroxylation sites is 2. The van der Waals surface area contributed by atoms with Crippen molar-refractivity contribution in [1.29, 1.82) is 0 Å². The summed E-state index contributed by atoms with van der Waals surface area (Å²) in [5.74, 6) is 1.25. The Morgan fingerprint density at radius 3 is 2.61 bits per heavy atom. The lowest BCUT2D eigenvalue weighted by molar-refractivity contribution is 0.122. The molecule has 1 saturated heterocycles. The molecule has 1 aliphatic rings. The minimum absolute atomic E-state index is 0.468. The van der Waals surface area contributed by atoms with Gasteiger partial charge in [0.05, 0.1) is 39.3 Å². The number of anilines is 2. The maximum atomic E-state index is 12.0. The van der Waals surface area contributed by atoms with Crippen LogP contribution in [0.4, 0.5) is 16.2 Å². The lowest BCUT2D eigenvalue weighted by atomic mass is 10.1. The van der Waals surface area contributed by atoms with Crippen LogP contribution in [0, 0.1) is 0 Å². The van der Waals surface area contributed by atoms with E-state index in [4.69, 9.17) is 14.2 Å². The van der Waals surface area contributed by atoms with E-state index in [9.17, 15) is 4.79 Å². The second-order valence-corrected chi connectivity index (χ2v) is 6.05. The highest BCUT2D eigenvalue weighted by Gasteiger charge is 2.13. The van der Waals surface area contributed by atoms with Crippen molar-refractivity contribution in [3.63, 3.8) is 0 Å². The summed E-state index contributed by atoms with van der Waals surface area (Å²) in [4.78, 5) is 14.3. The SMILES string of the molecule is COc1cc(N2CCOCC2)ccc1/C=N/NC(=O)Nc1ccccc1OC. The molecular weight excluding hydrogens is 360 g/mol. The predicted octanol–water partition coefficient (Wildman–Crippen LogP) is 2.70. The molecule has 0 aliphatic carbocycles. The van der Waals surface area contributed by atoms with Crippen molar-refractivity contribution in [2.24, 2.45) is 5.10 Å². The van der Waals surface area contributed by atoms with Gasteiger partial charge in [-0.3, -0.25) is 0 Å². The number of hydrogen-bond donors (Lipinski definition) is 2. The van der Waals surface area contributed by atoms with Crippen molar-refractivity contribution in [3.8, 4) is 11.5 Å². The molecule has 148 valence electrons. The highest BCUT2D eigenvalue weighted by atomic mass is 16.5. The first-order valence-electron chi connectivity index (χ1n) is 8.95. The number of ether oxygens (including phenoxy) is 3. The molecule has 0 aromatic heterocycles. The van der Waals surface area contributed by atoms with E-state index in [0.717, 1.165) is 37.6 Å². The molecule has 0 radical (unpaired) electrons. The number of carbonyl (C=O) groups excluding carboxylic acids is 1. The fourth-order valence-corrected chi connectivity index (χ4v) is 2.88. The van der Waals surface area contributed by atoms with Crippen molar-refractivity contribution in [3.05, 3.63) is 48.0 Å². The Bertz CT molecular complexity index is 835. The molecule has 2 amide bonds. The molecule has 1 aliphatic heterocycles. The Morgan fingerprint density at radius 1 is 1.11 bits per heavy atom. The van der Waals surface area contributed by atoms with Crippen LogP contribution in [-0.4, -0.2) is 52.8 Å². The van der Waals surface area contributed by atoms with Gasteiger partial charge in [-0.1, -0.05) is 12.1 Å². The van der Waals surface area contributed by atoms with Gasteiger partial charge in [0.1, 0.15) is 11.5 Å². The Balaban J connectivity index is 1.62. The second kappa shape index (κ2) is 9.61. The highest BCUT2D eigenvalue weighted by Crippen LogP contribution is 2.25. The van der Waals surface area contributed by atoms with Crippen molar-refractivity contribution in [2.75, 3.05) is 50.7 Å². The van der Waals surface area contributed by atoms with Gasteiger partial charge in [0, 0.05) is 30.4 Å². The van der Waals surface area contributed by atoms with Crippen LogP contribution in [0.2, 0.25) is 0 Å². The topological polar surface area (TPSA) is 84.4 Å². The maximum Gasteiger partial charge on any atom is 0.339 e. The largest absolute Gasteiger partial charge is 0.496 e. The number of hydrogen-bond acceptors (Lipinski definition) is 6. The number of rotatable bonds is 6. The van der Waals surface area contributed by atoms with Crippen molar-refractivity contribution < 1.29 is 19.0 Å². The van der Waals surface area contributed by atoms with Crippen LogP contribution in [0.15, 0.2) is 47.6 Å². The lowest BCUT2D eigenvalue weighted by Crippen LogP contribution is -2.36. The van der Waals surface area contributed by atoms with Crippen LogP contribution in [0.5, 0.6) is 11.5 Å². The molecule has 8 nitrogen and oxygen atoms in total. The summed E-state index contributed by atoms with van der Waals surface area (Å²) in [6, 6.07) is 12.5. The molecule has 0 unspecified atom stereocenters. The van der Waals surface area contributed by atoms with Crippen LogP contribution in [0.1, 0.15) is 5.56 Å². The number of amides is 2. The van der Waals surface area contributed by atoms with Crippen LogP contribution in [0.3, 0.4) is 0 Å². The fourth-order valence-electron chi connectivity index (χ4n) is 2.88. The van der Waals surface area contributed by atoms with Crippen molar-refractivity contribution >= 4 is 23.6 Å². The smallest absolute Gasteiger partial charge is 0.339 e.